The highest BCUT2D eigenvalue weighted by molar-refractivity contribution is 6.07. The lowest BCUT2D eigenvalue weighted by molar-refractivity contribution is 0.102. The minimum absolute atomic E-state index is 0.180. The number of amides is 1. The van der Waals surface area contributed by atoms with E-state index in [1.165, 1.54) is 12.8 Å². The van der Waals surface area contributed by atoms with E-state index >= 15 is 0 Å². The van der Waals surface area contributed by atoms with Gasteiger partial charge < -0.3 is 15.2 Å². The average Bonchev–Trinajstić information content (AvgIpc) is 3.27. The molecule has 0 aliphatic carbocycles. The molecular formula is C17H17N5O. The molecule has 1 saturated heterocycles. The number of imidazole rings is 1. The Hall–Kier alpha value is -2.89. The molecule has 1 aliphatic rings. The van der Waals surface area contributed by atoms with Crippen molar-refractivity contribution in [3.63, 3.8) is 0 Å². The predicted molar refractivity (Wildman–Crippen MR) is 89.7 cm³/mol. The molecule has 4 rings (SSSR count). The minimum Gasteiger partial charge on any atom is -0.357 e. The number of para-hydroxylation sites is 1. The third-order valence-corrected chi connectivity index (χ3v) is 4.14. The van der Waals surface area contributed by atoms with Gasteiger partial charge in [0.05, 0.1) is 23.1 Å². The van der Waals surface area contributed by atoms with Gasteiger partial charge in [0.2, 0.25) is 0 Å². The topological polar surface area (TPSA) is 73.9 Å². The minimum atomic E-state index is -0.180. The molecule has 2 N–H and O–H groups in total. The first-order valence-corrected chi connectivity index (χ1v) is 7.76. The number of H-pyrrole nitrogens is 1. The highest BCUT2D eigenvalue weighted by Crippen LogP contribution is 2.21. The summed E-state index contributed by atoms with van der Waals surface area (Å²) >= 11 is 0. The molecule has 1 fully saturated rings. The smallest absolute Gasteiger partial charge is 0.257 e. The number of carbonyl (C=O) groups excluding carboxylic acids is 1. The standard InChI is InChI=1S/C17H17N5O/c23-17(21-14-5-3-4-13-16(14)20-11-19-13)12-6-7-15(18-10-12)22-8-1-2-9-22/h3-7,10-11H,1-2,8-9H2,(H,19,20)(H,21,23). The van der Waals surface area contributed by atoms with Crippen molar-refractivity contribution >= 4 is 28.4 Å². The second-order valence-corrected chi connectivity index (χ2v) is 5.66. The van der Waals surface area contributed by atoms with Crippen molar-refractivity contribution in [1.82, 2.24) is 15.0 Å². The summed E-state index contributed by atoms with van der Waals surface area (Å²) < 4.78 is 0. The Morgan fingerprint density at radius 1 is 1.13 bits per heavy atom. The zero-order valence-electron chi connectivity index (χ0n) is 12.6. The Labute approximate surface area is 133 Å². The third kappa shape index (κ3) is 2.63. The van der Waals surface area contributed by atoms with Crippen LogP contribution in [-0.2, 0) is 0 Å². The van der Waals surface area contributed by atoms with Gasteiger partial charge in [-0.3, -0.25) is 4.79 Å². The van der Waals surface area contributed by atoms with Crippen LogP contribution in [0.4, 0.5) is 11.5 Å². The number of nitrogens with zero attached hydrogens (tertiary/aromatic N) is 3. The molecule has 3 heterocycles. The second-order valence-electron chi connectivity index (χ2n) is 5.66. The van der Waals surface area contributed by atoms with Gasteiger partial charge in [-0.1, -0.05) is 6.07 Å². The molecule has 6 heteroatoms. The lowest BCUT2D eigenvalue weighted by atomic mass is 10.2. The lowest BCUT2D eigenvalue weighted by Gasteiger charge is -2.16. The molecule has 0 saturated carbocycles. The largest absolute Gasteiger partial charge is 0.357 e. The summed E-state index contributed by atoms with van der Waals surface area (Å²) in [6, 6.07) is 9.37. The van der Waals surface area contributed by atoms with Crippen LogP contribution >= 0.6 is 0 Å². The Morgan fingerprint density at radius 3 is 2.78 bits per heavy atom. The summed E-state index contributed by atoms with van der Waals surface area (Å²) in [4.78, 5) is 26.3. The summed E-state index contributed by atoms with van der Waals surface area (Å²) in [5.74, 6) is 0.759. The molecular weight excluding hydrogens is 290 g/mol. The molecule has 6 nitrogen and oxygen atoms in total. The number of aromatic amines is 1. The first-order valence-electron chi connectivity index (χ1n) is 7.76. The molecule has 3 aromatic rings. The summed E-state index contributed by atoms with van der Waals surface area (Å²) in [5.41, 5.74) is 2.88. The fourth-order valence-corrected chi connectivity index (χ4v) is 2.91. The number of hydrogen-bond acceptors (Lipinski definition) is 4. The number of aromatic nitrogens is 3. The summed E-state index contributed by atoms with van der Waals surface area (Å²) in [7, 11) is 0. The van der Waals surface area contributed by atoms with Crippen molar-refractivity contribution in [2.45, 2.75) is 12.8 Å². The number of anilines is 2. The van der Waals surface area contributed by atoms with Gasteiger partial charge in [-0.15, -0.1) is 0 Å². The van der Waals surface area contributed by atoms with Crippen LogP contribution < -0.4 is 10.2 Å². The SMILES string of the molecule is O=C(Nc1cccc2[nH]cnc12)c1ccc(N2CCCC2)nc1. The Kier molecular flexibility index (Phi) is 3.42. The zero-order chi connectivity index (χ0) is 15.6. The van der Waals surface area contributed by atoms with Crippen LogP contribution in [-0.4, -0.2) is 33.9 Å². The van der Waals surface area contributed by atoms with E-state index in [2.05, 4.69) is 25.2 Å². The molecule has 0 atom stereocenters. The Morgan fingerprint density at radius 2 is 2.00 bits per heavy atom. The summed E-state index contributed by atoms with van der Waals surface area (Å²) in [5, 5.41) is 2.90. The van der Waals surface area contributed by atoms with E-state index in [1.807, 2.05) is 30.3 Å². The molecule has 23 heavy (non-hydrogen) atoms. The maximum Gasteiger partial charge on any atom is 0.257 e. The van der Waals surface area contributed by atoms with E-state index < -0.39 is 0 Å². The van der Waals surface area contributed by atoms with Crippen molar-refractivity contribution in [3.05, 3.63) is 48.4 Å². The van der Waals surface area contributed by atoms with Gasteiger partial charge >= 0.3 is 0 Å². The molecule has 0 unspecified atom stereocenters. The summed E-state index contributed by atoms with van der Waals surface area (Å²) in [6.07, 6.45) is 5.66. The zero-order valence-corrected chi connectivity index (χ0v) is 12.6. The van der Waals surface area contributed by atoms with E-state index in [-0.39, 0.29) is 5.91 Å². The van der Waals surface area contributed by atoms with Crippen LogP contribution in [0.25, 0.3) is 11.0 Å². The van der Waals surface area contributed by atoms with Crippen molar-refractivity contribution in [3.8, 4) is 0 Å². The fraction of sp³-hybridized carbons (Fsp3) is 0.235. The van der Waals surface area contributed by atoms with Gasteiger partial charge in [0.15, 0.2) is 0 Å². The van der Waals surface area contributed by atoms with Gasteiger partial charge in [0.1, 0.15) is 11.3 Å². The highest BCUT2D eigenvalue weighted by Gasteiger charge is 2.15. The van der Waals surface area contributed by atoms with Crippen molar-refractivity contribution in [1.29, 1.82) is 0 Å². The molecule has 116 valence electrons. The molecule has 1 aromatic carbocycles. The molecule has 0 bridgehead atoms. The number of hydrogen-bond donors (Lipinski definition) is 2. The number of benzene rings is 1. The van der Waals surface area contributed by atoms with Crippen LogP contribution in [0.3, 0.4) is 0 Å². The average molecular weight is 307 g/mol. The van der Waals surface area contributed by atoms with Crippen LogP contribution in [0.15, 0.2) is 42.9 Å². The lowest BCUT2D eigenvalue weighted by Crippen LogP contribution is -2.19. The molecule has 2 aromatic heterocycles. The van der Waals surface area contributed by atoms with Crippen LogP contribution in [0, 0.1) is 0 Å². The van der Waals surface area contributed by atoms with Crippen molar-refractivity contribution < 1.29 is 4.79 Å². The number of fused-ring (bicyclic) bond motifs is 1. The predicted octanol–water partition coefficient (Wildman–Crippen LogP) is 2.81. The first kappa shape index (κ1) is 13.8. The van der Waals surface area contributed by atoms with E-state index in [1.54, 1.807) is 12.5 Å². The Balaban J connectivity index is 1.53. The summed E-state index contributed by atoms with van der Waals surface area (Å²) in [6.45, 7) is 2.08. The van der Waals surface area contributed by atoms with E-state index in [9.17, 15) is 4.79 Å². The normalized spacial score (nSPS) is 14.3. The van der Waals surface area contributed by atoms with Crippen molar-refractivity contribution in [2.75, 3.05) is 23.3 Å². The van der Waals surface area contributed by atoms with Crippen LogP contribution in [0.1, 0.15) is 23.2 Å². The van der Waals surface area contributed by atoms with Crippen molar-refractivity contribution in [2.24, 2.45) is 0 Å². The van der Waals surface area contributed by atoms with Crippen LogP contribution in [0.5, 0.6) is 0 Å². The second kappa shape index (κ2) is 5.72. The maximum atomic E-state index is 12.4. The van der Waals surface area contributed by atoms with Gasteiger partial charge in [0.25, 0.3) is 5.91 Å². The molecule has 0 spiro atoms. The van der Waals surface area contributed by atoms with Gasteiger partial charge in [-0.25, -0.2) is 9.97 Å². The van der Waals surface area contributed by atoms with E-state index in [0.717, 1.165) is 29.9 Å². The highest BCUT2D eigenvalue weighted by atomic mass is 16.1. The van der Waals surface area contributed by atoms with Crippen LogP contribution in [0.2, 0.25) is 0 Å². The maximum absolute atomic E-state index is 12.4. The number of rotatable bonds is 3. The third-order valence-electron chi connectivity index (χ3n) is 4.14. The molecule has 1 aliphatic heterocycles. The number of carbonyl (C=O) groups is 1. The molecule has 1 amide bonds. The quantitative estimate of drug-likeness (QED) is 0.780. The fourth-order valence-electron chi connectivity index (χ4n) is 2.91. The van der Waals surface area contributed by atoms with E-state index in [4.69, 9.17) is 0 Å². The van der Waals surface area contributed by atoms with E-state index in [0.29, 0.717) is 11.3 Å². The first-order chi connectivity index (χ1) is 11.3. The van der Waals surface area contributed by atoms with Gasteiger partial charge in [-0.2, -0.15) is 0 Å². The number of nitrogens with one attached hydrogen (secondary N) is 2. The Bertz CT molecular complexity index is 834. The van der Waals surface area contributed by atoms with Gasteiger partial charge in [0, 0.05) is 19.3 Å². The molecule has 0 radical (unpaired) electrons. The number of pyridine rings is 1. The monoisotopic (exact) mass is 307 g/mol. The van der Waals surface area contributed by atoms with Gasteiger partial charge in [-0.05, 0) is 37.1 Å².